The number of amides is 2. The van der Waals surface area contributed by atoms with Gasteiger partial charge in [0.25, 0.3) is 0 Å². The Bertz CT molecular complexity index is 899. The molecule has 1 atom stereocenters. The van der Waals surface area contributed by atoms with Crippen molar-refractivity contribution in [3.05, 3.63) is 59.7 Å². The van der Waals surface area contributed by atoms with Gasteiger partial charge in [0.05, 0.1) is 18.6 Å². The number of halogens is 2. The molecule has 1 heterocycles. The number of ether oxygens (including phenoxy) is 1. The van der Waals surface area contributed by atoms with E-state index in [1.165, 1.54) is 30.2 Å². The standard InChI is InChI=1S/C19H16F2N2O4/c1-27-19(26)11-2-4-13(5-3-11)22-18(25)12-8-17(24)23(10-12)14-6-7-15(20)16(21)9-14/h2-7,9,12H,8,10H2,1H3,(H,22,25). The molecule has 0 spiro atoms. The van der Waals surface area contributed by atoms with E-state index in [1.807, 2.05) is 0 Å². The zero-order valence-electron chi connectivity index (χ0n) is 14.4. The average Bonchev–Trinajstić information content (AvgIpc) is 3.06. The minimum atomic E-state index is -1.06. The number of hydrogen-bond acceptors (Lipinski definition) is 4. The van der Waals surface area contributed by atoms with Gasteiger partial charge in [0, 0.05) is 30.4 Å². The lowest BCUT2D eigenvalue weighted by atomic mass is 10.1. The number of hydrogen-bond donors (Lipinski definition) is 1. The van der Waals surface area contributed by atoms with E-state index in [9.17, 15) is 23.2 Å². The van der Waals surface area contributed by atoms with Crippen LogP contribution in [0, 0.1) is 17.6 Å². The molecule has 2 aromatic rings. The van der Waals surface area contributed by atoms with Crippen LogP contribution in [0.5, 0.6) is 0 Å². The zero-order valence-corrected chi connectivity index (χ0v) is 14.4. The molecule has 8 heteroatoms. The molecule has 0 aromatic heterocycles. The molecule has 1 unspecified atom stereocenters. The molecule has 6 nitrogen and oxygen atoms in total. The maximum atomic E-state index is 13.4. The van der Waals surface area contributed by atoms with Crippen molar-refractivity contribution in [2.45, 2.75) is 6.42 Å². The molecule has 0 radical (unpaired) electrons. The van der Waals surface area contributed by atoms with Gasteiger partial charge in [-0.2, -0.15) is 0 Å². The lowest BCUT2D eigenvalue weighted by molar-refractivity contribution is -0.122. The Kier molecular flexibility index (Phi) is 5.16. The zero-order chi connectivity index (χ0) is 19.6. The highest BCUT2D eigenvalue weighted by Gasteiger charge is 2.35. The monoisotopic (exact) mass is 374 g/mol. The predicted octanol–water partition coefficient (Wildman–Crippen LogP) is 2.74. The number of carbonyl (C=O) groups is 3. The molecule has 3 rings (SSSR count). The van der Waals surface area contributed by atoms with Gasteiger partial charge in [-0.3, -0.25) is 9.59 Å². The Morgan fingerprint density at radius 3 is 2.44 bits per heavy atom. The summed E-state index contributed by atoms with van der Waals surface area (Å²) in [6.45, 7) is 0.0655. The van der Waals surface area contributed by atoms with Crippen LogP contribution in [-0.4, -0.2) is 31.4 Å². The van der Waals surface area contributed by atoms with Crippen molar-refractivity contribution in [2.24, 2.45) is 5.92 Å². The van der Waals surface area contributed by atoms with Crippen molar-refractivity contribution in [1.29, 1.82) is 0 Å². The van der Waals surface area contributed by atoms with Crippen molar-refractivity contribution < 1.29 is 27.9 Å². The van der Waals surface area contributed by atoms with Crippen LogP contribution in [0.25, 0.3) is 0 Å². The van der Waals surface area contributed by atoms with Gasteiger partial charge in [0.1, 0.15) is 0 Å². The molecule has 1 fully saturated rings. The van der Waals surface area contributed by atoms with Gasteiger partial charge in [-0.05, 0) is 36.4 Å². The third kappa shape index (κ3) is 3.94. The number of carbonyl (C=O) groups excluding carboxylic acids is 3. The number of esters is 1. The molecular formula is C19H16F2N2O4. The third-order valence-electron chi connectivity index (χ3n) is 4.28. The summed E-state index contributed by atoms with van der Waals surface area (Å²) in [6, 6.07) is 9.28. The van der Waals surface area contributed by atoms with Crippen molar-refractivity contribution in [2.75, 3.05) is 23.9 Å². The number of methoxy groups -OCH3 is 1. The second kappa shape index (κ2) is 7.53. The minimum Gasteiger partial charge on any atom is -0.465 e. The third-order valence-corrected chi connectivity index (χ3v) is 4.28. The average molecular weight is 374 g/mol. The molecule has 140 valence electrons. The van der Waals surface area contributed by atoms with Crippen LogP contribution in [0.15, 0.2) is 42.5 Å². The molecule has 0 saturated carbocycles. The van der Waals surface area contributed by atoms with Crippen molar-refractivity contribution >= 4 is 29.2 Å². The molecule has 0 aliphatic carbocycles. The van der Waals surface area contributed by atoms with Gasteiger partial charge in [-0.15, -0.1) is 0 Å². The Morgan fingerprint density at radius 1 is 1.11 bits per heavy atom. The summed E-state index contributed by atoms with van der Waals surface area (Å²) in [4.78, 5) is 37.2. The number of benzene rings is 2. The summed E-state index contributed by atoms with van der Waals surface area (Å²) >= 11 is 0. The summed E-state index contributed by atoms with van der Waals surface area (Å²) in [5, 5.41) is 2.68. The Labute approximate surface area is 153 Å². The van der Waals surface area contributed by atoms with E-state index in [1.54, 1.807) is 12.1 Å². The van der Waals surface area contributed by atoms with Crippen molar-refractivity contribution in [3.63, 3.8) is 0 Å². The minimum absolute atomic E-state index is 0.0366. The molecule has 2 aromatic carbocycles. The van der Waals surface area contributed by atoms with Gasteiger partial charge < -0.3 is 15.0 Å². The summed E-state index contributed by atoms with van der Waals surface area (Å²) < 4.78 is 31.1. The topological polar surface area (TPSA) is 75.7 Å². The van der Waals surface area contributed by atoms with Gasteiger partial charge in [0.2, 0.25) is 11.8 Å². The fraction of sp³-hybridized carbons (Fsp3) is 0.211. The molecule has 1 aliphatic rings. The highest BCUT2D eigenvalue weighted by atomic mass is 19.2. The molecule has 1 saturated heterocycles. The fourth-order valence-electron chi connectivity index (χ4n) is 2.84. The van der Waals surface area contributed by atoms with Crippen LogP contribution >= 0.6 is 0 Å². The Hall–Kier alpha value is -3.29. The van der Waals surface area contributed by atoms with Crippen LogP contribution in [-0.2, 0) is 14.3 Å². The van der Waals surface area contributed by atoms with Crippen LogP contribution in [0.4, 0.5) is 20.2 Å². The van der Waals surface area contributed by atoms with E-state index >= 15 is 0 Å². The largest absolute Gasteiger partial charge is 0.465 e. The van der Waals surface area contributed by atoms with Crippen LogP contribution < -0.4 is 10.2 Å². The fourth-order valence-corrected chi connectivity index (χ4v) is 2.84. The molecule has 0 bridgehead atoms. The highest BCUT2D eigenvalue weighted by molar-refractivity contribution is 6.03. The maximum Gasteiger partial charge on any atom is 0.337 e. The van der Waals surface area contributed by atoms with Crippen LogP contribution in [0.3, 0.4) is 0 Å². The van der Waals surface area contributed by atoms with Crippen molar-refractivity contribution in [1.82, 2.24) is 0 Å². The number of rotatable bonds is 4. The van der Waals surface area contributed by atoms with E-state index in [4.69, 9.17) is 0 Å². The smallest absolute Gasteiger partial charge is 0.337 e. The molecule has 27 heavy (non-hydrogen) atoms. The van der Waals surface area contributed by atoms with Crippen LogP contribution in [0.1, 0.15) is 16.8 Å². The number of nitrogens with zero attached hydrogens (tertiary/aromatic N) is 1. The molecule has 1 aliphatic heterocycles. The molecular weight excluding hydrogens is 358 g/mol. The summed E-state index contributed by atoms with van der Waals surface area (Å²) in [7, 11) is 1.27. The van der Waals surface area contributed by atoms with Gasteiger partial charge in [0.15, 0.2) is 11.6 Å². The molecule has 2 amide bonds. The van der Waals surface area contributed by atoms with E-state index in [0.29, 0.717) is 11.3 Å². The normalized spacial score (nSPS) is 16.3. The second-order valence-corrected chi connectivity index (χ2v) is 6.06. The summed E-state index contributed by atoms with van der Waals surface area (Å²) in [5.74, 6) is -3.90. The predicted molar refractivity (Wildman–Crippen MR) is 93.2 cm³/mol. The number of nitrogens with one attached hydrogen (secondary N) is 1. The quantitative estimate of drug-likeness (QED) is 0.835. The summed E-state index contributed by atoms with van der Waals surface area (Å²) in [6.07, 6.45) is -0.0366. The summed E-state index contributed by atoms with van der Waals surface area (Å²) in [5.41, 5.74) is 1.01. The van der Waals surface area contributed by atoms with E-state index in [0.717, 1.165) is 12.1 Å². The first-order valence-corrected chi connectivity index (χ1v) is 8.13. The first-order valence-electron chi connectivity index (χ1n) is 8.13. The van der Waals surface area contributed by atoms with E-state index in [-0.39, 0.29) is 30.5 Å². The lowest BCUT2D eigenvalue weighted by Gasteiger charge is -2.17. The van der Waals surface area contributed by atoms with E-state index < -0.39 is 23.5 Å². The van der Waals surface area contributed by atoms with Crippen molar-refractivity contribution in [3.8, 4) is 0 Å². The Morgan fingerprint density at radius 2 is 1.81 bits per heavy atom. The maximum absolute atomic E-state index is 13.4. The van der Waals surface area contributed by atoms with Crippen LogP contribution in [0.2, 0.25) is 0 Å². The van der Waals surface area contributed by atoms with Gasteiger partial charge in [-0.25, -0.2) is 13.6 Å². The van der Waals surface area contributed by atoms with Gasteiger partial charge in [-0.1, -0.05) is 0 Å². The van der Waals surface area contributed by atoms with Gasteiger partial charge >= 0.3 is 5.97 Å². The highest BCUT2D eigenvalue weighted by Crippen LogP contribution is 2.27. The lowest BCUT2D eigenvalue weighted by Crippen LogP contribution is -2.28. The number of anilines is 2. The Balaban J connectivity index is 1.66. The second-order valence-electron chi connectivity index (χ2n) is 6.06. The SMILES string of the molecule is COC(=O)c1ccc(NC(=O)C2CC(=O)N(c3ccc(F)c(F)c3)C2)cc1. The first kappa shape index (κ1) is 18.5. The molecule has 1 N–H and O–H groups in total. The van der Waals surface area contributed by atoms with E-state index in [2.05, 4.69) is 10.1 Å². The first-order chi connectivity index (χ1) is 12.9.